The van der Waals surface area contributed by atoms with Gasteiger partial charge in [0.2, 0.25) is 0 Å². The lowest BCUT2D eigenvalue weighted by atomic mass is 10.1. The van der Waals surface area contributed by atoms with Crippen molar-refractivity contribution in [1.29, 1.82) is 0 Å². The van der Waals surface area contributed by atoms with Crippen LogP contribution in [0.15, 0.2) is 0 Å². The standard InChI is InChI=1S/C6H9NO4/c1-6(2)3-4(8)7(11-6)5(9)10/h3H2,1-2H3,(H,9,10). The van der Waals surface area contributed by atoms with E-state index in [9.17, 15) is 9.59 Å². The lowest BCUT2D eigenvalue weighted by Gasteiger charge is -2.15. The van der Waals surface area contributed by atoms with Gasteiger partial charge in [-0.25, -0.2) is 4.79 Å². The number of hydroxylamine groups is 2. The van der Waals surface area contributed by atoms with Gasteiger partial charge < -0.3 is 5.11 Å². The lowest BCUT2D eigenvalue weighted by Crippen LogP contribution is -2.30. The normalized spacial score (nSPS) is 22.4. The van der Waals surface area contributed by atoms with Crippen molar-refractivity contribution in [3.63, 3.8) is 0 Å². The highest BCUT2D eigenvalue weighted by Crippen LogP contribution is 2.25. The van der Waals surface area contributed by atoms with Crippen molar-refractivity contribution in [3.8, 4) is 0 Å². The molecule has 1 fully saturated rings. The average molecular weight is 159 g/mol. The summed E-state index contributed by atoms with van der Waals surface area (Å²) in [7, 11) is 0. The molecule has 1 rings (SSSR count). The maximum Gasteiger partial charge on any atom is 0.439 e. The number of rotatable bonds is 0. The van der Waals surface area contributed by atoms with Crippen molar-refractivity contribution in [3.05, 3.63) is 0 Å². The molecule has 0 saturated carbocycles. The van der Waals surface area contributed by atoms with Gasteiger partial charge in [0.05, 0.1) is 6.42 Å². The molecule has 0 aromatic carbocycles. The molecule has 0 aromatic rings. The van der Waals surface area contributed by atoms with E-state index in [1.165, 1.54) is 0 Å². The van der Waals surface area contributed by atoms with Crippen LogP contribution in [-0.4, -0.2) is 27.8 Å². The zero-order valence-electron chi connectivity index (χ0n) is 6.33. The second-order valence-electron chi connectivity index (χ2n) is 3.00. The van der Waals surface area contributed by atoms with E-state index >= 15 is 0 Å². The topological polar surface area (TPSA) is 66.8 Å². The summed E-state index contributed by atoms with van der Waals surface area (Å²) >= 11 is 0. The molecule has 5 heteroatoms. The Hall–Kier alpha value is -1.10. The van der Waals surface area contributed by atoms with Gasteiger partial charge in [-0.2, -0.15) is 0 Å². The number of amides is 2. The average Bonchev–Trinajstić information content (AvgIpc) is 2.05. The van der Waals surface area contributed by atoms with E-state index in [2.05, 4.69) is 0 Å². The number of hydrogen-bond donors (Lipinski definition) is 1. The Morgan fingerprint density at radius 2 is 2.27 bits per heavy atom. The lowest BCUT2D eigenvalue weighted by molar-refractivity contribution is -0.173. The summed E-state index contributed by atoms with van der Waals surface area (Å²) in [5, 5.41) is 8.77. The molecule has 0 atom stereocenters. The van der Waals surface area contributed by atoms with Gasteiger partial charge in [-0.3, -0.25) is 9.63 Å². The van der Waals surface area contributed by atoms with Crippen molar-refractivity contribution in [2.24, 2.45) is 0 Å². The summed E-state index contributed by atoms with van der Waals surface area (Å²) in [5.74, 6) is -0.512. The predicted octanol–water partition coefficient (Wildman–Crippen LogP) is 0.607. The molecule has 5 nitrogen and oxygen atoms in total. The largest absolute Gasteiger partial charge is 0.463 e. The molecule has 0 aliphatic carbocycles. The number of imide groups is 1. The van der Waals surface area contributed by atoms with Crippen LogP contribution in [0.25, 0.3) is 0 Å². The second kappa shape index (κ2) is 2.20. The molecule has 2 amide bonds. The number of carbonyl (C=O) groups is 2. The van der Waals surface area contributed by atoms with Crippen molar-refractivity contribution in [2.75, 3.05) is 0 Å². The van der Waals surface area contributed by atoms with Gasteiger partial charge in [-0.15, -0.1) is 5.06 Å². The van der Waals surface area contributed by atoms with Crippen LogP contribution < -0.4 is 0 Å². The summed E-state index contributed by atoms with van der Waals surface area (Å²) in [6.45, 7) is 3.32. The minimum Gasteiger partial charge on any atom is -0.463 e. The van der Waals surface area contributed by atoms with E-state index in [1.54, 1.807) is 13.8 Å². The summed E-state index contributed by atoms with van der Waals surface area (Å²) in [4.78, 5) is 25.9. The predicted molar refractivity (Wildman–Crippen MR) is 34.7 cm³/mol. The van der Waals surface area contributed by atoms with Gasteiger partial charge in [0.15, 0.2) is 0 Å². The molecule has 0 radical (unpaired) electrons. The van der Waals surface area contributed by atoms with Gasteiger partial charge >= 0.3 is 6.09 Å². The fourth-order valence-electron chi connectivity index (χ4n) is 0.912. The Balaban J connectivity index is 2.74. The molecule has 0 spiro atoms. The molecule has 1 aliphatic heterocycles. The summed E-state index contributed by atoms with van der Waals surface area (Å²) in [5.41, 5.74) is -0.685. The molecular weight excluding hydrogens is 150 g/mol. The van der Waals surface area contributed by atoms with Crippen LogP contribution in [0.4, 0.5) is 4.79 Å². The van der Waals surface area contributed by atoms with Crippen LogP contribution in [0.3, 0.4) is 0 Å². The van der Waals surface area contributed by atoms with E-state index in [-0.39, 0.29) is 6.42 Å². The highest BCUT2D eigenvalue weighted by Gasteiger charge is 2.41. The molecule has 1 N–H and O–H groups in total. The summed E-state index contributed by atoms with van der Waals surface area (Å²) in [6, 6.07) is 0. The fraction of sp³-hybridized carbons (Fsp3) is 0.667. The van der Waals surface area contributed by atoms with Crippen LogP contribution >= 0.6 is 0 Å². The smallest absolute Gasteiger partial charge is 0.439 e. The molecule has 0 bridgehead atoms. The maximum atomic E-state index is 10.9. The number of carbonyl (C=O) groups excluding carboxylic acids is 1. The first-order chi connectivity index (χ1) is 4.92. The molecule has 62 valence electrons. The van der Waals surface area contributed by atoms with Gasteiger partial charge in [0.1, 0.15) is 5.60 Å². The van der Waals surface area contributed by atoms with Crippen LogP contribution in [0.5, 0.6) is 0 Å². The first-order valence-electron chi connectivity index (χ1n) is 3.17. The fourth-order valence-corrected chi connectivity index (χ4v) is 0.912. The van der Waals surface area contributed by atoms with Gasteiger partial charge in [-0.05, 0) is 13.8 Å². The minimum atomic E-state index is -1.36. The van der Waals surface area contributed by atoms with Crippen LogP contribution in [0.2, 0.25) is 0 Å². The first-order valence-corrected chi connectivity index (χ1v) is 3.17. The Morgan fingerprint density at radius 1 is 1.73 bits per heavy atom. The van der Waals surface area contributed by atoms with Crippen LogP contribution in [0.1, 0.15) is 20.3 Å². The third-order valence-electron chi connectivity index (χ3n) is 1.32. The third-order valence-corrected chi connectivity index (χ3v) is 1.32. The Kier molecular flexibility index (Phi) is 1.60. The minimum absolute atomic E-state index is 0.110. The highest BCUT2D eigenvalue weighted by atomic mass is 16.7. The quantitative estimate of drug-likeness (QED) is 0.562. The Bertz CT molecular complexity index is 211. The molecule has 0 aromatic heterocycles. The molecule has 11 heavy (non-hydrogen) atoms. The number of carboxylic acid groups (broad SMARTS) is 1. The summed E-state index contributed by atoms with van der Waals surface area (Å²) in [6.07, 6.45) is -1.25. The Morgan fingerprint density at radius 3 is 2.45 bits per heavy atom. The number of hydrogen-bond acceptors (Lipinski definition) is 3. The van der Waals surface area contributed by atoms with E-state index in [4.69, 9.17) is 9.94 Å². The van der Waals surface area contributed by atoms with Gasteiger partial charge in [-0.1, -0.05) is 0 Å². The van der Waals surface area contributed by atoms with Crippen molar-refractivity contribution in [2.45, 2.75) is 25.9 Å². The molecular formula is C6H9NO4. The molecule has 1 heterocycles. The van der Waals surface area contributed by atoms with E-state index < -0.39 is 17.6 Å². The van der Waals surface area contributed by atoms with E-state index in [0.717, 1.165) is 0 Å². The first kappa shape index (κ1) is 8.00. The van der Waals surface area contributed by atoms with Gasteiger partial charge in [0, 0.05) is 0 Å². The van der Waals surface area contributed by atoms with Crippen LogP contribution in [-0.2, 0) is 9.63 Å². The SMILES string of the molecule is CC1(C)CC(=O)N(C(=O)O)O1. The number of nitrogens with zero attached hydrogens (tertiary/aromatic N) is 1. The van der Waals surface area contributed by atoms with Crippen molar-refractivity contribution >= 4 is 12.0 Å². The highest BCUT2D eigenvalue weighted by molar-refractivity contribution is 5.91. The zero-order valence-corrected chi connectivity index (χ0v) is 6.33. The monoisotopic (exact) mass is 159 g/mol. The Labute approximate surface area is 63.5 Å². The van der Waals surface area contributed by atoms with Gasteiger partial charge in [0.25, 0.3) is 5.91 Å². The van der Waals surface area contributed by atoms with E-state index in [1.807, 2.05) is 0 Å². The second-order valence-corrected chi connectivity index (χ2v) is 3.00. The van der Waals surface area contributed by atoms with Crippen LogP contribution in [0, 0.1) is 0 Å². The molecule has 0 unspecified atom stereocenters. The van der Waals surface area contributed by atoms with E-state index in [0.29, 0.717) is 5.06 Å². The van der Waals surface area contributed by atoms with Crippen molar-refractivity contribution < 1.29 is 19.5 Å². The molecule has 1 aliphatic rings. The zero-order chi connectivity index (χ0) is 8.65. The molecule has 1 saturated heterocycles. The van der Waals surface area contributed by atoms with Crippen molar-refractivity contribution in [1.82, 2.24) is 5.06 Å². The maximum absolute atomic E-state index is 10.9. The third kappa shape index (κ3) is 1.48. The summed E-state index contributed by atoms with van der Waals surface area (Å²) < 4.78 is 0.